The lowest BCUT2D eigenvalue weighted by Gasteiger charge is -2.26. The Labute approximate surface area is 111 Å². The van der Waals surface area contributed by atoms with Crippen LogP contribution < -0.4 is 4.74 Å². The topological polar surface area (TPSA) is 29.5 Å². The number of hydrogen-bond donors (Lipinski definition) is 1. The van der Waals surface area contributed by atoms with Gasteiger partial charge in [-0.15, -0.1) is 0 Å². The molecule has 0 aromatic heterocycles. The molecule has 0 saturated carbocycles. The highest BCUT2D eigenvalue weighted by Crippen LogP contribution is 2.37. The van der Waals surface area contributed by atoms with Gasteiger partial charge in [0, 0.05) is 17.5 Å². The minimum atomic E-state index is -0.0550. The Hall–Kier alpha value is -0.540. The zero-order valence-electron chi connectivity index (χ0n) is 10.4. The van der Waals surface area contributed by atoms with Crippen LogP contribution in [0.3, 0.4) is 0 Å². The first kappa shape index (κ1) is 12.9. The van der Waals surface area contributed by atoms with Crippen molar-refractivity contribution in [3.05, 3.63) is 27.7 Å². The molecule has 3 heteroatoms. The minimum Gasteiger partial charge on any atom is -0.493 e. The summed E-state index contributed by atoms with van der Waals surface area (Å²) >= 11 is 3.55. The van der Waals surface area contributed by atoms with Gasteiger partial charge in [-0.1, -0.05) is 29.8 Å². The number of aliphatic hydroxyl groups excluding tert-OH is 1. The van der Waals surface area contributed by atoms with Gasteiger partial charge in [0.1, 0.15) is 5.75 Å². The Balaban J connectivity index is 2.33. The number of fused-ring (bicyclic) bond motifs is 1. The third-order valence-electron chi connectivity index (χ3n) is 3.68. The second-order valence-corrected chi connectivity index (χ2v) is 6.07. The molecule has 94 valence electrons. The lowest BCUT2D eigenvalue weighted by Crippen LogP contribution is -2.23. The van der Waals surface area contributed by atoms with Gasteiger partial charge in [0.05, 0.1) is 6.61 Å². The molecule has 1 aliphatic heterocycles. The molecule has 0 aliphatic carbocycles. The first-order valence-electron chi connectivity index (χ1n) is 6.13. The fourth-order valence-electron chi connectivity index (χ4n) is 2.23. The third-order valence-corrected chi connectivity index (χ3v) is 4.14. The van der Waals surface area contributed by atoms with E-state index in [9.17, 15) is 5.11 Å². The molecule has 2 rings (SSSR count). The van der Waals surface area contributed by atoms with E-state index < -0.39 is 0 Å². The maximum Gasteiger partial charge on any atom is 0.125 e. The summed E-state index contributed by atoms with van der Waals surface area (Å²) < 4.78 is 6.82. The molecule has 1 N–H and O–H groups in total. The maximum atomic E-state index is 9.51. The van der Waals surface area contributed by atoms with E-state index >= 15 is 0 Å². The van der Waals surface area contributed by atoms with E-state index in [0.717, 1.165) is 36.1 Å². The fraction of sp³-hybridized carbons (Fsp3) is 0.571. The molecule has 0 bridgehead atoms. The summed E-state index contributed by atoms with van der Waals surface area (Å²) in [6.45, 7) is 5.23. The van der Waals surface area contributed by atoms with Crippen molar-refractivity contribution in [1.82, 2.24) is 0 Å². The average molecular weight is 299 g/mol. The molecule has 1 aliphatic rings. The van der Waals surface area contributed by atoms with Crippen molar-refractivity contribution in [2.24, 2.45) is 5.41 Å². The van der Waals surface area contributed by atoms with Crippen molar-refractivity contribution >= 4 is 15.9 Å². The number of ether oxygens (including phenoxy) is 1. The van der Waals surface area contributed by atoms with E-state index in [1.165, 1.54) is 11.1 Å². The molecule has 1 heterocycles. The molecule has 0 radical (unpaired) electrons. The molecular weight excluding hydrogens is 280 g/mol. The quantitative estimate of drug-likeness (QED) is 0.924. The van der Waals surface area contributed by atoms with Gasteiger partial charge in [0.25, 0.3) is 0 Å². The van der Waals surface area contributed by atoms with Crippen molar-refractivity contribution in [3.8, 4) is 5.75 Å². The van der Waals surface area contributed by atoms with E-state index in [4.69, 9.17) is 4.74 Å². The van der Waals surface area contributed by atoms with Crippen molar-refractivity contribution in [1.29, 1.82) is 0 Å². The molecule has 0 fully saturated rings. The summed E-state index contributed by atoms with van der Waals surface area (Å²) in [5.41, 5.74) is 2.44. The largest absolute Gasteiger partial charge is 0.493 e. The summed E-state index contributed by atoms with van der Waals surface area (Å²) in [5, 5.41) is 9.51. The second kappa shape index (κ2) is 4.99. The summed E-state index contributed by atoms with van der Waals surface area (Å²) in [7, 11) is 0. The van der Waals surface area contributed by atoms with Crippen LogP contribution in [-0.2, 0) is 12.8 Å². The van der Waals surface area contributed by atoms with Crippen LogP contribution in [0.1, 0.15) is 31.4 Å². The zero-order valence-corrected chi connectivity index (χ0v) is 12.0. The van der Waals surface area contributed by atoms with Crippen LogP contribution in [-0.4, -0.2) is 18.3 Å². The Morgan fingerprint density at radius 2 is 2.24 bits per heavy atom. The highest BCUT2D eigenvalue weighted by atomic mass is 79.9. The van der Waals surface area contributed by atoms with E-state index in [1.54, 1.807) is 0 Å². The number of rotatable bonds is 4. The first-order chi connectivity index (χ1) is 8.08. The lowest BCUT2D eigenvalue weighted by molar-refractivity contribution is 0.137. The van der Waals surface area contributed by atoms with Gasteiger partial charge in [-0.25, -0.2) is 0 Å². The van der Waals surface area contributed by atoms with Crippen molar-refractivity contribution in [2.45, 2.75) is 33.1 Å². The van der Waals surface area contributed by atoms with Crippen LogP contribution in [0.4, 0.5) is 0 Å². The molecule has 2 nitrogen and oxygen atoms in total. The third kappa shape index (κ3) is 2.66. The SMILES string of the molecule is CCC(C)(CO)Cc1cc(Br)cc2c1OCC2. The fourth-order valence-corrected chi connectivity index (χ4v) is 2.78. The van der Waals surface area contributed by atoms with E-state index in [-0.39, 0.29) is 12.0 Å². The van der Waals surface area contributed by atoms with Crippen LogP contribution in [0, 0.1) is 5.41 Å². The smallest absolute Gasteiger partial charge is 0.125 e. The highest BCUT2D eigenvalue weighted by molar-refractivity contribution is 9.10. The van der Waals surface area contributed by atoms with Gasteiger partial charge in [0.2, 0.25) is 0 Å². The normalized spacial score (nSPS) is 17.4. The van der Waals surface area contributed by atoms with Gasteiger partial charge in [-0.05, 0) is 41.5 Å². The molecule has 0 saturated heterocycles. The Morgan fingerprint density at radius 3 is 2.88 bits per heavy atom. The number of hydrogen-bond acceptors (Lipinski definition) is 2. The summed E-state index contributed by atoms with van der Waals surface area (Å²) in [6, 6.07) is 4.25. The molecule has 0 amide bonds. The number of halogens is 1. The van der Waals surface area contributed by atoms with Crippen LogP contribution >= 0.6 is 15.9 Å². The van der Waals surface area contributed by atoms with Gasteiger partial charge < -0.3 is 9.84 Å². The monoisotopic (exact) mass is 298 g/mol. The maximum absolute atomic E-state index is 9.51. The lowest BCUT2D eigenvalue weighted by atomic mass is 9.81. The molecule has 17 heavy (non-hydrogen) atoms. The van der Waals surface area contributed by atoms with Crippen LogP contribution in [0.15, 0.2) is 16.6 Å². The summed E-state index contributed by atoms with van der Waals surface area (Å²) in [4.78, 5) is 0. The Morgan fingerprint density at radius 1 is 1.47 bits per heavy atom. The second-order valence-electron chi connectivity index (χ2n) is 5.15. The Kier molecular flexibility index (Phi) is 3.79. The molecule has 1 atom stereocenters. The molecular formula is C14H19BrO2. The molecule has 1 unspecified atom stereocenters. The minimum absolute atomic E-state index is 0.0550. The van der Waals surface area contributed by atoms with Crippen LogP contribution in [0.5, 0.6) is 5.75 Å². The molecule has 0 spiro atoms. The highest BCUT2D eigenvalue weighted by Gasteiger charge is 2.26. The zero-order chi connectivity index (χ0) is 12.5. The van der Waals surface area contributed by atoms with Crippen LogP contribution in [0.25, 0.3) is 0 Å². The van der Waals surface area contributed by atoms with E-state index in [0.29, 0.717) is 0 Å². The predicted molar refractivity (Wildman–Crippen MR) is 72.5 cm³/mol. The predicted octanol–water partition coefficient (Wildman–Crippen LogP) is 3.34. The van der Waals surface area contributed by atoms with Crippen molar-refractivity contribution in [3.63, 3.8) is 0 Å². The van der Waals surface area contributed by atoms with Crippen LogP contribution in [0.2, 0.25) is 0 Å². The van der Waals surface area contributed by atoms with Gasteiger partial charge in [-0.2, -0.15) is 0 Å². The van der Waals surface area contributed by atoms with Gasteiger partial charge in [-0.3, -0.25) is 0 Å². The summed E-state index contributed by atoms with van der Waals surface area (Å²) in [6.07, 6.45) is 2.82. The standard InChI is InChI=1S/C14H19BrO2/c1-3-14(2,9-16)8-11-7-12(15)6-10-4-5-17-13(10)11/h6-7,16H,3-5,8-9H2,1-2H3. The number of aliphatic hydroxyl groups is 1. The van der Waals surface area contributed by atoms with Gasteiger partial charge >= 0.3 is 0 Å². The molecule has 1 aromatic rings. The van der Waals surface area contributed by atoms with Crippen molar-refractivity contribution < 1.29 is 9.84 Å². The summed E-state index contributed by atoms with van der Waals surface area (Å²) in [5.74, 6) is 1.04. The molecule has 1 aromatic carbocycles. The Bertz CT molecular complexity index is 411. The van der Waals surface area contributed by atoms with E-state index in [1.807, 2.05) is 0 Å². The van der Waals surface area contributed by atoms with E-state index in [2.05, 4.69) is 41.9 Å². The number of benzene rings is 1. The van der Waals surface area contributed by atoms with Crippen molar-refractivity contribution in [2.75, 3.05) is 13.2 Å². The first-order valence-corrected chi connectivity index (χ1v) is 6.92. The average Bonchev–Trinajstić information content (AvgIpc) is 2.77. The van der Waals surface area contributed by atoms with Gasteiger partial charge in [0.15, 0.2) is 0 Å².